The monoisotopic (exact) mass is 481 g/mol. The van der Waals surface area contributed by atoms with Gasteiger partial charge in [0.25, 0.3) is 5.89 Å². The summed E-state index contributed by atoms with van der Waals surface area (Å²) in [5, 5.41) is 5.83. The molecule has 8 heteroatoms. The average molecular weight is 482 g/mol. The van der Waals surface area contributed by atoms with E-state index >= 15 is 0 Å². The quantitative estimate of drug-likeness (QED) is 0.264. The van der Waals surface area contributed by atoms with E-state index in [-0.39, 0.29) is 12.1 Å². The molecule has 0 radical (unpaired) electrons. The molecular formula is C26H28ClN3O4. The highest BCUT2D eigenvalue weighted by Crippen LogP contribution is 2.34. The third kappa shape index (κ3) is 5.09. The first-order valence-corrected chi connectivity index (χ1v) is 11.8. The van der Waals surface area contributed by atoms with E-state index < -0.39 is 0 Å². The standard InChI is InChI=1S/C26H28ClN3O4/c1-5-32-23(31)8-6-7-17-9-11-20(24-19(17)13-14-30(24)4)25-28-26(34-29-25)18-10-12-22(21(27)15-18)33-16(2)3/h9-16H,5-8H2,1-4H3. The van der Waals surface area contributed by atoms with Gasteiger partial charge >= 0.3 is 5.97 Å². The van der Waals surface area contributed by atoms with Gasteiger partial charge in [0.05, 0.1) is 23.3 Å². The molecule has 7 nitrogen and oxygen atoms in total. The first-order chi connectivity index (χ1) is 16.4. The second-order valence-corrected chi connectivity index (χ2v) is 8.76. The van der Waals surface area contributed by atoms with Crippen molar-refractivity contribution in [3.8, 4) is 28.6 Å². The molecule has 0 atom stereocenters. The fourth-order valence-corrected chi connectivity index (χ4v) is 4.19. The third-order valence-electron chi connectivity index (χ3n) is 5.47. The summed E-state index contributed by atoms with van der Waals surface area (Å²) in [6.07, 6.45) is 3.95. The van der Waals surface area contributed by atoms with Gasteiger partial charge in [-0.15, -0.1) is 0 Å². The number of nitrogens with zero attached hydrogens (tertiary/aromatic N) is 3. The van der Waals surface area contributed by atoms with Crippen molar-refractivity contribution in [3.05, 3.63) is 53.2 Å². The minimum absolute atomic E-state index is 0.0270. The van der Waals surface area contributed by atoms with Gasteiger partial charge in [-0.25, -0.2) is 0 Å². The fraction of sp³-hybridized carbons (Fsp3) is 0.346. The number of aryl methyl sites for hydroxylation is 2. The first kappa shape index (κ1) is 23.8. The second kappa shape index (κ2) is 10.3. The van der Waals surface area contributed by atoms with Crippen LogP contribution in [0.1, 0.15) is 39.2 Å². The van der Waals surface area contributed by atoms with E-state index in [2.05, 4.69) is 22.3 Å². The van der Waals surface area contributed by atoms with Gasteiger partial charge in [-0.05, 0) is 69.5 Å². The molecule has 0 amide bonds. The molecule has 0 saturated carbocycles. The van der Waals surface area contributed by atoms with Crippen LogP contribution < -0.4 is 4.74 Å². The minimum atomic E-state index is -0.161. The molecule has 0 aliphatic rings. The lowest BCUT2D eigenvalue weighted by Gasteiger charge is -2.11. The number of carbonyl (C=O) groups is 1. The Morgan fingerprint density at radius 3 is 2.76 bits per heavy atom. The summed E-state index contributed by atoms with van der Waals surface area (Å²) < 4.78 is 18.3. The van der Waals surface area contributed by atoms with Crippen molar-refractivity contribution in [1.82, 2.24) is 14.7 Å². The molecule has 2 aromatic carbocycles. The van der Waals surface area contributed by atoms with Gasteiger partial charge in [-0.3, -0.25) is 4.79 Å². The van der Waals surface area contributed by atoms with E-state index in [0.717, 1.165) is 34.9 Å². The Morgan fingerprint density at radius 2 is 2.03 bits per heavy atom. The number of fused-ring (bicyclic) bond motifs is 1. The molecule has 0 unspecified atom stereocenters. The maximum absolute atomic E-state index is 11.7. The zero-order valence-electron chi connectivity index (χ0n) is 19.8. The minimum Gasteiger partial charge on any atom is -0.489 e. The van der Waals surface area contributed by atoms with Gasteiger partial charge in [-0.2, -0.15) is 4.98 Å². The summed E-state index contributed by atoms with van der Waals surface area (Å²) in [5.41, 5.74) is 3.77. The SMILES string of the molecule is CCOC(=O)CCCc1ccc(-c2noc(-c3ccc(OC(C)C)c(Cl)c3)n2)c2c1ccn2C. The van der Waals surface area contributed by atoms with Gasteiger partial charge in [0.2, 0.25) is 5.82 Å². The lowest BCUT2D eigenvalue weighted by atomic mass is 10.0. The first-order valence-electron chi connectivity index (χ1n) is 11.4. The third-order valence-corrected chi connectivity index (χ3v) is 5.76. The maximum atomic E-state index is 11.7. The van der Waals surface area contributed by atoms with Crippen molar-refractivity contribution >= 4 is 28.5 Å². The molecule has 0 saturated heterocycles. The van der Waals surface area contributed by atoms with E-state index in [9.17, 15) is 4.79 Å². The van der Waals surface area contributed by atoms with E-state index in [1.165, 1.54) is 5.56 Å². The highest BCUT2D eigenvalue weighted by atomic mass is 35.5. The van der Waals surface area contributed by atoms with Crippen LogP contribution in [0.5, 0.6) is 5.75 Å². The summed E-state index contributed by atoms with van der Waals surface area (Å²) in [7, 11) is 1.99. The molecule has 4 rings (SSSR count). The Hall–Kier alpha value is -3.32. The van der Waals surface area contributed by atoms with Gasteiger partial charge in [0, 0.05) is 36.2 Å². The molecule has 178 valence electrons. The molecule has 0 aliphatic heterocycles. The predicted molar refractivity (Wildman–Crippen MR) is 132 cm³/mol. The molecule has 34 heavy (non-hydrogen) atoms. The van der Waals surface area contributed by atoms with Crippen LogP contribution in [0.25, 0.3) is 33.7 Å². The summed E-state index contributed by atoms with van der Waals surface area (Å²) >= 11 is 6.38. The van der Waals surface area contributed by atoms with E-state index in [1.807, 2.05) is 56.8 Å². The molecule has 0 bridgehead atoms. The highest BCUT2D eigenvalue weighted by Gasteiger charge is 2.18. The Labute approximate surface area is 203 Å². The zero-order chi connectivity index (χ0) is 24.2. The summed E-state index contributed by atoms with van der Waals surface area (Å²) in [5.74, 6) is 1.34. The van der Waals surface area contributed by atoms with Crippen molar-refractivity contribution in [2.45, 2.75) is 46.1 Å². The van der Waals surface area contributed by atoms with Crippen molar-refractivity contribution in [2.24, 2.45) is 7.05 Å². The number of hydrogen-bond acceptors (Lipinski definition) is 6. The number of ether oxygens (including phenoxy) is 2. The second-order valence-electron chi connectivity index (χ2n) is 8.35. The van der Waals surface area contributed by atoms with E-state index in [0.29, 0.717) is 35.5 Å². The smallest absolute Gasteiger partial charge is 0.305 e. The number of rotatable bonds is 9. The lowest BCUT2D eigenvalue weighted by Crippen LogP contribution is -2.05. The van der Waals surface area contributed by atoms with Crippen molar-refractivity contribution in [2.75, 3.05) is 6.61 Å². The Balaban J connectivity index is 1.60. The predicted octanol–water partition coefficient (Wildman–Crippen LogP) is 6.22. The number of hydrogen-bond donors (Lipinski definition) is 0. The Bertz CT molecular complexity index is 1310. The van der Waals surface area contributed by atoms with Crippen LogP contribution >= 0.6 is 11.6 Å². The normalized spacial score (nSPS) is 11.4. The molecule has 0 aliphatic carbocycles. The molecule has 0 spiro atoms. The maximum Gasteiger partial charge on any atom is 0.305 e. The number of esters is 1. The molecule has 2 heterocycles. The summed E-state index contributed by atoms with van der Waals surface area (Å²) in [4.78, 5) is 16.3. The van der Waals surface area contributed by atoms with Gasteiger partial charge in [-0.1, -0.05) is 22.8 Å². The van der Waals surface area contributed by atoms with E-state index in [4.69, 9.17) is 25.6 Å². The van der Waals surface area contributed by atoms with Crippen LogP contribution in [0.4, 0.5) is 0 Å². The van der Waals surface area contributed by atoms with Crippen LogP contribution in [0.2, 0.25) is 5.02 Å². The van der Waals surface area contributed by atoms with Crippen molar-refractivity contribution < 1.29 is 18.8 Å². The lowest BCUT2D eigenvalue weighted by molar-refractivity contribution is -0.143. The Kier molecular flexibility index (Phi) is 7.22. The molecule has 0 N–H and O–H groups in total. The van der Waals surface area contributed by atoms with Gasteiger partial charge in [0.15, 0.2) is 0 Å². The van der Waals surface area contributed by atoms with Crippen LogP contribution in [-0.2, 0) is 23.0 Å². The number of benzene rings is 2. The van der Waals surface area contributed by atoms with Gasteiger partial charge in [0.1, 0.15) is 5.75 Å². The fourth-order valence-electron chi connectivity index (χ4n) is 3.96. The summed E-state index contributed by atoms with van der Waals surface area (Å²) in [6, 6.07) is 11.6. The average Bonchev–Trinajstić information content (AvgIpc) is 3.43. The topological polar surface area (TPSA) is 79.4 Å². The molecule has 2 aromatic heterocycles. The summed E-state index contributed by atoms with van der Waals surface area (Å²) in [6.45, 7) is 6.12. The number of halogens is 1. The van der Waals surface area contributed by atoms with Crippen molar-refractivity contribution in [1.29, 1.82) is 0 Å². The largest absolute Gasteiger partial charge is 0.489 e. The number of aromatic nitrogens is 3. The van der Waals surface area contributed by atoms with Gasteiger partial charge < -0.3 is 18.6 Å². The number of carbonyl (C=O) groups excluding carboxylic acids is 1. The van der Waals surface area contributed by atoms with Crippen LogP contribution in [0.15, 0.2) is 47.1 Å². The van der Waals surface area contributed by atoms with E-state index in [1.54, 1.807) is 6.07 Å². The zero-order valence-corrected chi connectivity index (χ0v) is 20.6. The Morgan fingerprint density at radius 1 is 1.21 bits per heavy atom. The van der Waals surface area contributed by atoms with Crippen LogP contribution in [-0.4, -0.2) is 33.4 Å². The highest BCUT2D eigenvalue weighted by molar-refractivity contribution is 6.32. The van der Waals surface area contributed by atoms with Crippen LogP contribution in [0, 0.1) is 0 Å². The van der Waals surface area contributed by atoms with Crippen molar-refractivity contribution in [3.63, 3.8) is 0 Å². The molecule has 4 aromatic rings. The van der Waals surface area contributed by atoms with Crippen LogP contribution in [0.3, 0.4) is 0 Å². The molecular weight excluding hydrogens is 454 g/mol. The molecule has 0 fully saturated rings.